The molecule has 0 spiro atoms. The fourth-order valence-electron chi connectivity index (χ4n) is 2.13. The van der Waals surface area contributed by atoms with Crippen molar-refractivity contribution in [3.63, 3.8) is 0 Å². The molecular formula is C17H20O. The van der Waals surface area contributed by atoms with Gasteiger partial charge < -0.3 is 5.11 Å². The van der Waals surface area contributed by atoms with E-state index in [1.165, 1.54) is 16.7 Å². The largest absolute Gasteiger partial charge is 0.388 e. The third-order valence-corrected chi connectivity index (χ3v) is 3.29. The molecule has 1 N–H and O–H groups in total. The van der Waals surface area contributed by atoms with Crippen LogP contribution in [0.25, 0.3) is 0 Å². The summed E-state index contributed by atoms with van der Waals surface area (Å²) in [6.45, 7) is 4.20. The zero-order valence-electron chi connectivity index (χ0n) is 11.1. The fraction of sp³-hybridized carbons (Fsp3) is 0.294. The van der Waals surface area contributed by atoms with Crippen molar-refractivity contribution < 1.29 is 5.11 Å². The number of benzene rings is 2. The summed E-state index contributed by atoms with van der Waals surface area (Å²) in [5.41, 5.74) is 4.70. The Balaban J connectivity index is 2.08. The van der Waals surface area contributed by atoms with Gasteiger partial charge in [-0.2, -0.15) is 0 Å². The summed E-state index contributed by atoms with van der Waals surface area (Å²) in [5.74, 6) is 0. The van der Waals surface area contributed by atoms with E-state index >= 15 is 0 Å². The molecule has 2 aromatic carbocycles. The molecule has 0 aliphatic carbocycles. The SMILES string of the molecule is CCc1ccc(CC(O)c2cccc(C)c2)cc1. The first-order valence-electron chi connectivity index (χ1n) is 6.51. The maximum absolute atomic E-state index is 10.2. The number of hydrogen-bond acceptors (Lipinski definition) is 1. The van der Waals surface area contributed by atoms with Crippen molar-refractivity contribution in [3.8, 4) is 0 Å². The first-order valence-corrected chi connectivity index (χ1v) is 6.51. The van der Waals surface area contributed by atoms with Crippen LogP contribution in [-0.2, 0) is 12.8 Å². The second kappa shape index (κ2) is 5.83. The van der Waals surface area contributed by atoms with Crippen LogP contribution in [0.15, 0.2) is 48.5 Å². The Labute approximate surface area is 109 Å². The summed E-state index contributed by atoms with van der Waals surface area (Å²) in [4.78, 5) is 0. The van der Waals surface area contributed by atoms with Gasteiger partial charge in [-0.25, -0.2) is 0 Å². The normalized spacial score (nSPS) is 12.4. The minimum atomic E-state index is -0.419. The van der Waals surface area contributed by atoms with E-state index in [0.717, 1.165) is 12.0 Å². The summed E-state index contributed by atoms with van der Waals surface area (Å²) in [5, 5.41) is 10.2. The highest BCUT2D eigenvalue weighted by molar-refractivity contribution is 5.27. The molecule has 0 aromatic heterocycles. The number of rotatable bonds is 4. The summed E-state index contributed by atoms with van der Waals surface area (Å²) >= 11 is 0. The van der Waals surface area contributed by atoms with Gasteiger partial charge in [-0.15, -0.1) is 0 Å². The van der Waals surface area contributed by atoms with E-state index in [4.69, 9.17) is 0 Å². The van der Waals surface area contributed by atoms with Crippen LogP contribution in [0.3, 0.4) is 0 Å². The van der Waals surface area contributed by atoms with E-state index in [1.807, 2.05) is 31.2 Å². The van der Waals surface area contributed by atoms with E-state index in [9.17, 15) is 5.11 Å². The van der Waals surface area contributed by atoms with Crippen molar-refractivity contribution in [2.24, 2.45) is 0 Å². The van der Waals surface area contributed by atoms with Crippen molar-refractivity contribution in [1.29, 1.82) is 0 Å². The average Bonchev–Trinajstić information content (AvgIpc) is 2.39. The number of hydrogen-bond donors (Lipinski definition) is 1. The Kier molecular flexibility index (Phi) is 4.16. The highest BCUT2D eigenvalue weighted by atomic mass is 16.3. The third kappa shape index (κ3) is 3.21. The first kappa shape index (κ1) is 12.8. The third-order valence-electron chi connectivity index (χ3n) is 3.29. The Hall–Kier alpha value is -1.60. The molecular weight excluding hydrogens is 220 g/mol. The number of aryl methyl sites for hydroxylation is 2. The van der Waals surface area contributed by atoms with E-state index < -0.39 is 6.10 Å². The van der Waals surface area contributed by atoms with Gasteiger partial charge in [-0.05, 0) is 30.0 Å². The molecule has 94 valence electrons. The molecule has 0 bridgehead atoms. The summed E-state index contributed by atoms with van der Waals surface area (Å²) in [6.07, 6.45) is 1.31. The summed E-state index contributed by atoms with van der Waals surface area (Å²) in [7, 11) is 0. The Morgan fingerprint density at radius 3 is 2.28 bits per heavy atom. The van der Waals surface area contributed by atoms with Crippen molar-refractivity contribution in [2.75, 3.05) is 0 Å². The van der Waals surface area contributed by atoms with Crippen LogP contribution in [0.5, 0.6) is 0 Å². The Morgan fingerprint density at radius 2 is 1.67 bits per heavy atom. The highest BCUT2D eigenvalue weighted by Gasteiger charge is 2.08. The minimum Gasteiger partial charge on any atom is -0.388 e. The molecule has 2 aromatic rings. The molecule has 2 rings (SSSR count). The fourth-order valence-corrected chi connectivity index (χ4v) is 2.13. The van der Waals surface area contributed by atoms with Gasteiger partial charge in [0.05, 0.1) is 6.10 Å². The van der Waals surface area contributed by atoms with Gasteiger partial charge in [-0.1, -0.05) is 61.0 Å². The second-order valence-corrected chi connectivity index (χ2v) is 4.80. The van der Waals surface area contributed by atoms with Crippen LogP contribution in [0.4, 0.5) is 0 Å². The standard InChI is InChI=1S/C17H20O/c1-3-14-7-9-15(10-8-14)12-17(18)16-6-4-5-13(2)11-16/h4-11,17-18H,3,12H2,1-2H3. The van der Waals surface area contributed by atoms with Gasteiger partial charge in [-0.3, -0.25) is 0 Å². The van der Waals surface area contributed by atoms with Crippen molar-refractivity contribution in [3.05, 3.63) is 70.8 Å². The zero-order valence-corrected chi connectivity index (χ0v) is 11.1. The molecule has 0 aliphatic heterocycles. The van der Waals surface area contributed by atoms with Crippen LogP contribution < -0.4 is 0 Å². The minimum absolute atomic E-state index is 0.419. The molecule has 0 aliphatic rings. The number of aliphatic hydroxyl groups excluding tert-OH is 1. The second-order valence-electron chi connectivity index (χ2n) is 4.80. The van der Waals surface area contributed by atoms with Crippen LogP contribution in [0.2, 0.25) is 0 Å². The maximum Gasteiger partial charge on any atom is 0.0830 e. The first-order chi connectivity index (χ1) is 8.69. The smallest absolute Gasteiger partial charge is 0.0830 e. The molecule has 1 heteroatoms. The predicted molar refractivity (Wildman–Crippen MR) is 75.7 cm³/mol. The topological polar surface area (TPSA) is 20.2 Å². The zero-order chi connectivity index (χ0) is 13.0. The lowest BCUT2D eigenvalue weighted by Crippen LogP contribution is -2.02. The van der Waals surface area contributed by atoms with Crippen LogP contribution in [-0.4, -0.2) is 5.11 Å². The summed E-state index contributed by atoms with van der Waals surface area (Å²) < 4.78 is 0. The van der Waals surface area contributed by atoms with Gasteiger partial charge in [0.1, 0.15) is 0 Å². The van der Waals surface area contributed by atoms with Crippen LogP contribution >= 0.6 is 0 Å². The van der Waals surface area contributed by atoms with E-state index in [0.29, 0.717) is 6.42 Å². The molecule has 1 unspecified atom stereocenters. The van der Waals surface area contributed by atoms with Gasteiger partial charge in [0.25, 0.3) is 0 Å². The predicted octanol–water partition coefficient (Wildman–Crippen LogP) is 3.83. The molecule has 1 nitrogen and oxygen atoms in total. The molecule has 0 fully saturated rings. The van der Waals surface area contributed by atoms with Crippen LogP contribution in [0, 0.1) is 6.92 Å². The number of aliphatic hydroxyl groups is 1. The van der Waals surface area contributed by atoms with Crippen molar-refractivity contribution in [2.45, 2.75) is 32.8 Å². The van der Waals surface area contributed by atoms with Crippen LogP contribution in [0.1, 0.15) is 35.3 Å². The Bertz CT molecular complexity index is 499. The van der Waals surface area contributed by atoms with Gasteiger partial charge in [0.2, 0.25) is 0 Å². The van der Waals surface area contributed by atoms with E-state index in [2.05, 4.69) is 31.2 Å². The summed E-state index contributed by atoms with van der Waals surface area (Å²) in [6, 6.07) is 16.6. The van der Waals surface area contributed by atoms with E-state index in [-0.39, 0.29) is 0 Å². The molecule has 18 heavy (non-hydrogen) atoms. The molecule has 0 amide bonds. The molecule has 0 radical (unpaired) electrons. The monoisotopic (exact) mass is 240 g/mol. The van der Waals surface area contributed by atoms with Gasteiger partial charge in [0, 0.05) is 6.42 Å². The molecule has 0 saturated heterocycles. The average molecular weight is 240 g/mol. The highest BCUT2D eigenvalue weighted by Crippen LogP contribution is 2.19. The lowest BCUT2D eigenvalue weighted by Gasteiger charge is -2.12. The molecule has 0 saturated carbocycles. The lowest BCUT2D eigenvalue weighted by molar-refractivity contribution is 0.178. The van der Waals surface area contributed by atoms with Crippen molar-refractivity contribution in [1.82, 2.24) is 0 Å². The van der Waals surface area contributed by atoms with E-state index in [1.54, 1.807) is 0 Å². The maximum atomic E-state index is 10.2. The Morgan fingerprint density at radius 1 is 1.00 bits per heavy atom. The quantitative estimate of drug-likeness (QED) is 0.861. The molecule has 0 heterocycles. The van der Waals surface area contributed by atoms with Crippen molar-refractivity contribution >= 4 is 0 Å². The lowest BCUT2D eigenvalue weighted by atomic mass is 9.99. The van der Waals surface area contributed by atoms with Gasteiger partial charge >= 0.3 is 0 Å². The van der Waals surface area contributed by atoms with Gasteiger partial charge in [0.15, 0.2) is 0 Å². The molecule has 1 atom stereocenters.